The number of nitrogens with one attached hydrogen (secondary N) is 2. The number of hydrogen-bond acceptors (Lipinski definition) is 5. The van der Waals surface area contributed by atoms with E-state index >= 15 is 0 Å². The van der Waals surface area contributed by atoms with Crippen LogP contribution in [0.15, 0.2) is 18.2 Å². The lowest BCUT2D eigenvalue weighted by molar-refractivity contribution is -0.118. The Labute approximate surface area is 129 Å². The van der Waals surface area contributed by atoms with Gasteiger partial charge in [-0.3, -0.25) is 14.5 Å². The second-order valence-corrected chi connectivity index (χ2v) is 5.62. The van der Waals surface area contributed by atoms with Gasteiger partial charge in [-0.05, 0) is 24.6 Å². The summed E-state index contributed by atoms with van der Waals surface area (Å²) >= 11 is 0. The van der Waals surface area contributed by atoms with Crippen LogP contribution in [0.3, 0.4) is 0 Å². The molecule has 0 aromatic heterocycles. The van der Waals surface area contributed by atoms with Gasteiger partial charge in [0.2, 0.25) is 0 Å². The smallest absolute Gasteiger partial charge is 0.262 e. The molecule has 118 valence electrons. The first-order chi connectivity index (χ1) is 10.7. The van der Waals surface area contributed by atoms with Crippen molar-refractivity contribution in [1.29, 1.82) is 0 Å². The van der Waals surface area contributed by atoms with E-state index in [9.17, 15) is 9.59 Å². The summed E-state index contributed by atoms with van der Waals surface area (Å²) in [5.74, 6) is 0.532. The quantitative estimate of drug-likeness (QED) is 0.808. The number of carbonyl (C=O) groups excluding carboxylic acids is 2. The summed E-state index contributed by atoms with van der Waals surface area (Å²) in [5, 5.41) is 6.05. The summed E-state index contributed by atoms with van der Waals surface area (Å²) in [4.78, 5) is 26.5. The third-order valence-corrected chi connectivity index (χ3v) is 4.18. The van der Waals surface area contributed by atoms with Crippen LogP contribution in [-0.4, -0.2) is 55.4 Å². The van der Waals surface area contributed by atoms with Gasteiger partial charge in [0.05, 0.1) is 11.7 Å². The number of amides is 1. The topological polar surface area (TPSA) is 70.7 Å². The van der Waals surface area contributed by atoms with Crippen molar-refractivity contribution in [2.45, 2.75) is 19.4 Å². The Morgan fingerprint density at radius 2 is 2.14 bits per heavy atom. The zero-order valence-electron chi connectivity index (χ0n) is 12.7. The van der Waals surface area contributed by atoms with E-state index < -0.39 is 0 Å². The number of nitrogens with zero attached hydrogens (tertiary/aromatic N) is 1. The maximum absolute atomic E-state index is 12.8. The van der Waals surface area contributed by atoms with Crippen LogP contribution in [0.2, 0.25) is 0 Å². The third kappa shape index (κ3) is 2.98. The van der Waals surface area contributed by atoms with Crippen LogP contribution in [0.4, 0.5) is 5.69 Å². The summed E-state index contributed by atoms with van der Waals surface area (Å²) < 4.78 is 5.33. The molecular formula is C16H21N3O3. The van der Waals surface area contributed by atoms with Gasteiger partial charge in [0, 0.05) is 31.7 Å². The summed E-state index contributed by atoms with van der Waals surface area (Å²) in [6.45, 7) is 5.66. The lowest BCUT2D eigenvalue weighted by atomic mass is 9.99. The van der Waals surface area contributed by atoms with E-state index in [1.54, 1.807) is 18.2 Å². The molecule has 1 unspecified atom stereocenters. The predicted molar refractivity (Wildman–Crippen MR) is 83.4 cm³/mol. The zero-order chi connectivity index (χ0) is 15.5. The standard InChI is InChI=1S/C16H21N3O3/c1-2-13(19-7-5-17-6-8-19)16(21)11-3-4-14-12(9-11)18-15(20)10-22-14/h3-4,9,13,17H,2,5-8,10H2,1H3,(H,18,20). The second-order valence-electron chi connectivity index (χ2n) is 5.62. The molecule has 1 aromatic rings. The molecule has 1 fully saturated rings. The molecule has 2 aliphatic heterocycles. The molecular weight excluding hydrogens is 282 g/mol. The first-order valence-corrected chi connectivity index (χ1v) is 7.74. The average molecular weight is 303 g/mol. The van der Waals surface area contributed by atoms with Gasteiger partial charge in [0.1, 0.15) is 5.75 Å². The van der Waals surface area contributed by atoms with Gasteiger partial charge in [-0.2, -0.15) is 0 Å². The highest BCUT2D eigenvalue weighted by molar-refractivity contribution is 6.03. The molecule has 1 aromatic carbocycles. The maximum Gasteiger partial charge on any atom is 0.262 e. The van der Waals surface area contributed by atoms with E-state index in [0.29, 0.717) is 17.0 Å². The first-order valence-electron chi connectivity index (χ1n) is 7.74. The predicted octanol–water partition coefficient (Wildman–Crippen LogP) is 0.884. The van der Waals surface area contributed by atoms with Gasteiger partial charge in [0.15, 0.2) is 12.4 Å². The van der Waals surface area contributed by atoms with Crippen LogP contribution in [-0.2, 0) is 4.79 Å². The fourth-order valence-electron chi connectivity index (χ4n) is 3.03. The Morgan fingerprint density at radius 1 is 1.36 bits per heavy atom. The number of piperazine rings is 1. The van der Waals surface area contributed by atoms with Crippen molar-refractivity contribution in [3.8, 4) is 5.75 Å². The van der Waals surface area contributed by atoms with Crippen molar-refractivity contribution >= 4 is 17.4 Å². The van der Waals surface area contributed by atoms with E-state index in [4.69, 9.17) is 4.74 Å². The highest BCUT2D eigenvalue weighted by atomic mass is 16.5. The summed E-state index contributed by atoms with van der Waals surface area (Å²) in [7, 11) is 0. The number of ether oxygens (including phenoxy) is 1. The van der Waals surface area contributed by atoms with Gasteiger partial charge in [-0.25, -0.2) is 0 Å². The number of anilines is 1. The molecule has 1 amide bonds. The summed E-state index contributed by atoms with van der Waals surface area (Å²) in [5.41, 5.74) is 1.20. The van der Waals surface area contributed by atoms with E-state index in [-0.39, 0.29) is 24.3 Å². The minimum atomic E-state index is -0.189. The molecule has 6 heteroatoms. The van der Waals surface area contributed by atoms with Gasteiger partial charge in [0.25, 0.3) is 5.91 Å². The van der Waals surface area contributed by atoms with Crippen molar-refractivity contribution in [3.63, 3.8) is 0 Å². The van der Waals surface area contributed by atoms with Crippen molar-refractivity contribution < 1.29 is 14.3 Å². The molecule has 0 spiro atoms. The Balaban J connectivity index is 1.81. The molecule has 1 saturated heterocycles. The molecule has 2 heterocycles. The number of carbonyl (C=O) groups is 2. The lowest BCUT2D eigenvalue weighted by Gasteiger charge is -2.33. The molecule has 3 rings (SSSR count). The fraction of sp³-hybridized carbons (Fsp3) is 0.500. The number of benzene rings is 1. The molecule has 0 radical (unpaired) electrons. The molecule has 2 N–H and O–H groups in total. The van der Waals surface area contributed by atoms with Crippen LogP contribution < -0.4 is 15.4 Å². The SMILES string of the molecule is CCC(C(=O)c1ccc2c(c1)NC(=O)CO2)N1CCNCC1. The molecule has 6 nitrogen and oxygen atoms in total. The minimum absolute atomic E-state index is 0.0264. The molecule has 22 heavy (non-hydrogen) atoms. The number of Topliss-reactive ketones (excluding diaryl/α,β-unsaturated/α-hetero) is 1. The van der Waals surface area contributed by atoms with Crippen LogP contribution >= 0.6 is 0 Å². The Morgan fingerprint density at radius 3 is 2.86 bits per heavy atom. The number of ketones is 1. The number of fused-ring (bicyclic) bond motifs is 1. The molecule has 0 aliphatic carbocycles. The average Bonchev–Trinajstić information content (AvgIpc) is 2.55. The van der Waals surface area contributed by atoms with Gasteiger partial charge >= 0.3 is 0 Å². The van der Waals surface area contributed by atoms with Gasteiger partial charge in [-0.15, -0.1) is 0 Å². The third-order valence-electron chi connectivity index (χ3n) is 4.18. The summed E-state index contributed by atoms with van der Waals surface area (Å²) in [6.07, 6.45) is 0.777. The summed E-state index contributed by atoms with van der Waals surface area (Å²) in [6, 6.07) is 5.15. The maximum atomic E-state index is 12.8. The van der Waals surface area contributed by atoms with Crippen LogP contribution in [0.1, 0.15) is 23.7 Å². The molecule has 1 atom stereocenters. The van der Waals surface area contributed by atoms with Gasteiger partial charge in [-0.1, -0.05) is 6.92 Å². The van der Waals surface area contributed by atoms with E-state index in [1.165, 1.54) is 0 Å². The zero-order valence-corrected chi connectivity index (χ0v) is 12.7. The normalized spacial score (nSPS) is 19.8. The lowest BCUT2D eigenvalue weighted by Crippen LogP contribution is -2.51. The van der Waals surface area contributed by atoms with Crippen LogP contribution in [0, 0.1) is 0 Å². The molecule has 0 saturated carbocycles. The van der Waals surface area contributed by atoms with Crippen LogP contribution in [0.25, 0.3) is 0 Å². The van der Waals surface area contributed by atoms with E-state index in [1.807, 2.05) is 6.92 Å². The minimum Gasteiger partial charge on any atom is -0.482 e. The van der Waals surface area contributed by atoms with Crippen molar-refractivity contribution in [1.82, 2.24) is 10.2 Å². The highest BCUT2D eigenvalue weighted by Crippen LogP contribution is 2.29. The first kappa shape index (κ1) is 15.0. The van der Waals surface area contributed by atoms with Crippen LogP contribution in [0.5, 0.6) is 5.75 Å². The van der Waals surface area contributed by atoms with Crippen molar-refractivity contribution in [3.05, 3.63) is 23.8 Å². The van der Waals surface area contributed by atoms with Crippen molar-refractivity contribution in [2.24, 2.45) is 0 Å². The largest absolute Gasteiger partial charge is 0.482 e. The molecule has 0 bridgehead atoms. The second kappa shape index (κ2) is 6.46. The number of hydrogen-bond donors (Lipinski definition) is 2. The van der Waals surface area contributed by atoms with E-state index in [2.05, 4.69) is 15.5 Å². The highest BCUT2D eigenvalue weighted by Gasteiger charge is 2.27. The Hall–Kier alpha value is -1.92. The molecule has 2 aliphatic rings. The fourth-order valence-corrected chi connectivity index (χ4v) is 3.03. The Bertz CT molecular complexity index is 582. The monoisotopic (exact) mass is 303 g/mol. The van der Waals surface area contributed by atoms with Gasteiger partial charge < -0.3 is 15.4 Å². The Kier molecular flexibility index (Phi) is 4.40. The van der Waals surface area contributed by atoms with E-state index in [0.717, 1.165) is 32.6 Å². The number of rotatable bonds is 4. The van der Waals surface area contributed by atoms with Crippen molar-refractivity contribution in [2.75, 3.05) is 38.1 Å².